The Kier molecular flexibility index (Phi) is 10.0. The van der Waals surface area contributed by atoms with Gasteiger partial charge in [0, 0.05) is 12.6 Å². The van der Waals surface area contributed by atoms with Gasteiger partial charge in [-0.15, -0.1) is 0 Å². The molecular formula is C33H47N3O2. The fourth-order valence-corrected chi connectivity index (χ4v) is 6.97. The van der Waals surface area contributed by atoms with Crippen molar-refractivity contribution in [2.45, 2.75) is 88.9 Å². The smallest absolute Gasteiger partial charge is 0.335 e. The summed E-state index contributed by atoms with van der Waals surface area (Å²) in [4.78, 5) is 22.9. The zero-order valence-corrected chi connectivity index (χ0v) is 23.9. The van der Waals surface area contributed by atoms with Crippen LogP contribution in [0.3, 0.4) is 0 Å². The first kappa shape index (κ1) is 28.4. The largest absolute Gasteiger partial charge is 0.467 e. The van der Waals surface area contributed by atoms with E-state index in [1.165, 1.54) is 50.3 Å². The SMILES string of the molecule is CCCC1(C(=O)OC)N=CN(Cc2ccccc2)C1CC1CCC(C(CCc2ccccc2)N(C)C)CC1. The molecule has 3 unspecified atom stereocenters. The van der Waals surface area contributed by atoms with Gasteiger partial charge in [0.25, 0.3) is 0 Å². The predicted octanol–water partition coefficient (Wildman–Crippen LogP) is 6.37. The lowest BCUT2D eigenvalue weighted by atomic mass is 9.72. The maximum Gasteiger partial charge on any atom is 0.335 e. The molecule has 38 heavy (non-hydrogen) atoms. The van der Waals surface area contributed by atoms with Crippen molar-refractivity contribution < 1.29 is 9.53 Å². The highest BCUT2D eigenvalue weighted by Gasteiger charge is 2.52. The molecular weight excluding hydrogens is 470 g/mol. The highest BCUT2D eigenvalue weighted by molar-refractivity contribution is 5.86. The molecule has 0 radical (unpaired) electrons. The van der Waals surface area contributed by atoms with Gasteiger partial charge in [-0.3, -0.25) is 4.99 Å². The van der Waals surface area contributed by atoms with Crippen LogP contribution >= 0.6 is 0 Å². The molecule has 0 amide bonds. The molecule has 0 aromatic heterocycles. The van der Waals surface area contributed by atoms with E-state index in [0.29, 0.717) is 12.0 Å². The standard InChI is InChI=1S/C33H47N3O2/c1-5-22-33(32(37)38-4)31(36(25-34-33)24-28-14-10-7-11-15-28)23-27-16-19-29(20-17-27)30(35(2)3)21-18-26-12-8-6-9-13-26/h6-15,25,27,29-31H,5,16-24H2,1-4H3. The minimum atomic E-state index is -0.795. The number of rotatable bonds is 12. The van der Waals surface area contributed by atoms with E-state index in [1.54, 1.807) is 0 Å². The summed E-state index contributed by atoms with van der Waals surface area (Å²) in [5, 5.41) is 0. The fourth-order valence-electron chi connectivity index (χ4n) is 6.97. The Morgan fingerprint density at radius 3 is 2.24 bits per heavy atom. The lowest BCUT2D eigenvalue weighted by Crippen LogP contribution is -2.52. The van der Waals surface area contributed by atoms with Crippen LogP contribution in [0.2, 0.25) is 0 Å². The third-order valence-electron chi connectivity index (χ3n) is 8.99. The van der Waals surface area contributed by atoms with Gasteiger partial charge in [0.15, 0.2) is 5.54 Å². The van der Waals surface area contributed by atoms with Crippen LogP contribution < -0.4 is 0 Å². The maximum atomic E-state index is 13.2. The predicted molar refractivity (Wildman–Crippen MR) is 156 cm³/mol. The van der Waals surface area contributed by atoms with Gasteiger partial charge in [0.2, 0.25) is 0 Å². The molecule has 5 heteroatoms. The molecule has 0 bridgehead atoms. The van der Waals surface area contributed by atoms with Crippen molar-refractivity contribution in [3.8, 4) is 0 Å². The van der Waals surface area contributed by atoms with Crippen LogP contribution in [0.25, 0.3) is 0 Å². The number of nitrogens with zero attached hydrogens (tertiary/aromatic N) is 3. The first-order valence-corrected chi connectivity index (χ1v) is 14.6. The number of aliphatic imine (C=N–C) groups is 1. The molecule has 3 atom stereocenters. The normalized spacial score (nSPS) is 26.0. The van der Waals surface area contributed by atoms with Crippen molar-refractivity contribution in [3.05, 3.63) is 71.8 Å². The minimum absolute atomic E-state index is 0.0411. The zero-order chi connectivity index (χ0) is 27.0. The lowest BCUT2D eigenvalue weighted by molar-refractivity contribution is -0.149. The molecule has 0 saturated heterocycles. The number of hydrogen-bond acceptors (Lipinski definition) is 5. The number of hydrogen-bond donors (Lipinski definition) is 0. The summed E-state index contributed by atoms with van der Waals surface area (Å²) in [7, 11) is 6.00. The Balaban J connectivity index is 1.43. The molecule has 4 rings (SSSR count). The number of esters is 1. The van der Waals surface area contributed by atoms with Gasteiger partial charge in [0.05, 0.1) is 19.5 Å². The third kappa shape index (κ3) is 6.66. The lowest BCUT2D eigenvalue weighted by Gasteiger charge is -2.41. The van der Waals surface area contributed by atoms with Gasteiger partial charge in [-0.05, 0) is 75.6 Å². The van der Waals surface area contributed by atoms with Crippen LogP contribution in [0, 0.1) is 11.8 Å². The topological polar surface area (TPSA) is 45.1 Å². The summed E-state index contributed by atoms with van der Waals surface area (Å²) < 4.78 is 5.36. The number of carbonyl (C=O) groups is 1. The van der Waals surface area contributed by atoms with E-state index in [0.717, 1.165) is 38.1 Å². The molecule has 1 saturated carbocycles. The third-order valence-corrected chi connectivity index (χ3v) is 8.99. The Morgan fingerprint density at radius 1 is 1.03 bits per heavy atom. The van der Waals surface area contributed by atoms with Gasteiger partial charge < -0.3 is 14.5 Å². The van der Waals surface area contributed by atoms with Crippen molar-refractivity contribution in [3.63, 3.8) is 0 Å². The van der Waals surface area contributed by atoms with E-state index in [9.17, 15) is 4.79 Å². The fraction of sp³-hybridized carbons (Fsp3) is 0.576. The van der Waals surface area contributed by atoms with Crippen molar-refractivity contribution in [2.75, 3.05) is 21.2 Å². The summed E-state index contributed by atoms with van der Waals surface area (Å²) in [5.41, 5.74) is 1.89. The van der Waals surface area contributed by atoms with Crippen molar-refractivity contribution in [1.82, 2.24) is 9.80 Å². The number of benzene rings is 2. The van der Waals surface area contributed by atoms with Crippen LogP contribution in [-0.4, -0.2) is 60.9 Å². The molecule has 2 aromatic carbocycles. The van der Waals surface area contributed by atoms with Crippen LogP contribution in [0.5, 0.6) is 0 Å². The second kappa shape index (κ2) is 13.4. The first-order valence-electron chi connectivity index (χ1n) is 14.6. The number of methoxy groups -OCH3 is 1. The van der Waals surface area contributed by atoms with E-state index in [-0.39, 0.29) is 12.0 Å². The molecule has 0 N–H and O–H groups in total. The Morgan fingerprint density at radius 2 is 1.66 bits per heavy atom. The molecule has 1 heterocycles. The number of aryl methyl sites for hydroxylation is 1. The zero-order valence-electron chi connectivity index (χ0n) is 23.9. The molecule has 5 nitrogen and oxygen atoms in total. The summed E-state index contributed by atoms with van der Waals surface area (Å²) in [5.74, 6) is 1.15. The Bertz CT molecular complexity index is 1020. The summed E-state index contributed by atoms with van der Waals surface area (Å²) in [6.45, 7) is 2.91. The van der Waals surface area contributed by atoms with Gasteiger partial charge >= 0.3 is 5.97 Å². The van der Waals surface area contributed by atoms with E-state index in [2.05, 4.69) is 85.4 Å². The van der Waals surface area contributed by atoms with Gasteiger partial charge in [-0.1, -0.05) is 86.8 Å². The Labute approximate surface area is 230 Å². The molecule has 1 fully saturated rings. The second-order valence-electron chi connectivity index (χ2n) is 11.7. The molecule has 206 valence electrons. The van der Waals surface area contributed by atoms with E-state index in [4.69, 9.17) is 9.73 Å². The van der Waals surface area contributed by atoms with Crippen molar-refractivity contribution in [1.29, 1.82) is 0 Å². The van der Waals surface area contributed by atoms with Crippen LogP contribution in [-0.2, 0) is 22.5 Å². The van der Waals surface area contributed by atoms with E-state index in [1.807, 2.05) is 12.4 Å². The van der Waals surface area contributed by atoms with Crippen molar-refractivity contribution in [2.24, 2.45) is 16.8 Å². The molecule has 2 aromatic rings. The minimum Gasteiger partial charge on any atom is -0.467 e. The highest BCUT2D eigenvalue weighted by Crippen LogP contribution is 2.41. The summed E-state index contributed by atoms with van der Waals surface area (Å²) >= 11 is 0. The van der Waals surface area contributed by atoms with Crippen molar-refractivity contribution >= 4 is 12.3 Å². The summed E-state index contributed by atoms with van der Waals surface area (Å²) in [6.07, 6.45) is 11.9. The monoisotopic (exact) mass is 517 g/mol. The molecule has 1 aliphatic carbocycles. The van der Waals surface area contributed by atoms with E-state index >= 15 is 0 Å². The molecule has 0 spiro atoms. The number of ether oxygens (including phenoxy) is 1. The first-order chi connectivity index (χ1) is 18.5. The average Bonchev–Trinajstić information content (AvgIpc) is 3.27. The average molecular weight is 518 g/mol. The quantitative estimate of drug-likeness (QED) is 0.307. The number of carbonyl (C=O) groups excluding carboxylic acids is 1. The van der Waals surface area contributed by atoms with Gasteiger partial charge in [-0.2, -0.15) is 0 Å². The molecule has 2 aliphatic rings. The van der Waals surface area contributed by atoms with Gasteiger partial charge in [-0.25, -0.2) is 4.79 Å². The van der Waals surface area contributed by atoms with Gasteiger partial charge in [0.1, 0.15) is 0 Å². The van der Waals surface area contributed by atoms with E-state index < -0.39 is 5.54 Å². The van der Waals surface area contributed by atoms with Crippen LogP contribution in [0.4, 0.5) is 0 Å². The van der Waals surface area contributed by atoms with Crippen LogP contribution in [0.15, 0.2) is 65.7 Å². The second-order valence-corrected chi connectivity index (χ2v) is 11.7. The van der Waals surface area contributed by atoms with Crippen LogP contribution in [0.1, 0.15) is 69.4 Å². The Hall–Kier alpha value is -2.66. The molecule has 1 aliphatic heterocycles. The highest BCUT2D eigenvalue weighted by atomic mass is 16.5. The maximum absolute atomic E-state index is 13.2. The summed E-state index contributed by atoms with van der Waals surface area (Å²) in [6, 6.07) is 22.1.